The van der Waals surface area contributed by atoms with E-state index in [1.807, 2.05) is 0 Å². The molecule has 0 fully saturated rings. The van der Waals surface area contributed by atoms with Crippen molar-refractivity contribution in [3.05, 3.63) is 27.7 Å². The van der Waals surface area contributed by atoms with Gasteiger partial charge in [0.1, 0.15) is 10.1 Å². The van der Waals surface area contributed by atoms with E-state index in [0.29, 0.717) is 5.56 Å². The minimum absolute atomic E-state index is 0. The zero-order valence-electron chi connectivity index (χ0n) is 7.54. The second-order valence-corrected chi connectivity index (χ2v) is 4.66. The van der Waals surface area contributed by atoms with Crippen molar-refractivity contribution in [2.75, 3.05) is 0 Å². The molecule has 1 aromatic rings. The molecular formula is C7H5Cl2NaO3S. The van der Waals surface area contributed by atoms with Gasteiger partial charge in [-0.1, -0.05) is 23.2 Å². The molecule has 0 spiro atoms. The van der Waals surface area contributed by atoms with Crippen LogP contribution in [0.2, 0.25) is 10.0 Å². The van der Waals surface area contributed by atoms with E-state index >= 15 is 0 Å². The van der Waals surface area contributed by atoms with Crippen LogP contribution in [0.1, 0.15) is 5.56 Å². The summed E-state index contributed by atoms with van der Waals surface area (Å²) < 4.78 is 31.7. The van der Waals surface area contributed by atoms with Crippen molar-refractivity contribution in [2.24, 2.45) is 0 Å². The van der Waals surface area contributed by atoms with Crippen LogP contribution in [-0.2, 0) is 10.1 Å². The molecule has 0 atom stereocenters. The van der Waals surface area contributed by atoms with Gasteiger partial charge in [0.25, 0.3) is 0 Å². The minimum atomic E-state index is -4.48. The summed E-state index contributed by atoms with van der Waals surface area (Å²) in [5, 5.41) is 0.337. The first kappa shape index (κ1) is 14.7. The Morgan fingerprint density at radius 2 is 1.57 bits per heavy atom. The molecule has 0 aromatic heterocycles. The van der Waals surface area contributed by atoms with Crippen molar-refractivity contribution < 1.29 is 42.5 Å². The number of benzene rings is 1. The molecule has 1 aromatic carbocycles. The van der Waals surface area contributed by atoms with Gasteiger partial charge in [0.15, 0.2) is 0 Å². The molecule has 0 radical (unpaired) electrons. The van der Waals surface area contributed by atoms with Crippen molar-refractivity contribution in [1.29, 1.82) is 0 Å². The normalized spacial score (nSPS) is 10.9. The average Bonchev–Trinajstić information content (AvgIpc) is 1.97. The molecule has 1 rings (SSSR count). The number of halogens is 2. The van der Waals surface area contributed by atoms with Gasteiger partial charge in [-0.3, -0.25) is 0 Å². The molecular weight excluding hydrogens is 258 g/mol. The molecule has 3 nitrogen and oxygen atoms in total. The summed E-state index contributed by atoms with van der Waals surface area (Å²) in [4.78, 5) is -0.409. The van der Waals surface area contributed by atoms with E-state index in [9.17, 15) is 13.0 Å². The minimum Gasteiger partial charge on any atom is -0.744 e. The number of hydrogen-bond donors (Lipinski definition) is 0. The van der Waals surface area contributed by atoms with Gasteiger partial charge in [-0.25, -0.2) is 8.42 Å². The first-order valence-corrected chi connectivity index (χ1v) is 5.40. The summed E-state index contributed by atoms with van der Waals surface area (Å²) in [6.07, 6.45) is 0. The Balaban J connectivity index is 0.00000169. The van der Waals surface area contributed by atoms with Gasteiger partial charge >= 0.3 is 29.6 Å². The third kappa shape index (κ3) is 3.38. The van der Waals surface area contributed by atoms with Gasteiger partial charge in [-0.2, -0.15) is 0 Å². The maximum absolute atomic E-state index is 10.6. The first-order chi connectivity index (χ1) is 5.82. The Kier molecular flexibility index (Phi) is 5.43. The Morgan fingerprint density at radius 1 is 1.21 bits per heavy atom. The monoisotopic (exact) mass is 262 g/mol. The summed E-state index contributed by atoms with van der Waals surface area (Å²) in [6, 6.07) is 2.18. The van der Waals surface area contributed by atoms with Crippen LogP contribution in [0.25, 0.3) is 0 Å². The van der Waals surface area contributed by atoms with E-state index in [2.05, 4.69) is 0 Å². The summed E-state index contributed by atoms with van der Waals surface area (Å²) >= 11 is 11.3. The van der Waals surface area contributed by atoms with Gasteiger partial charge in [0.2, 0.25) is 0 Å². The van der Waals surface area contributed by atoms with E-state index in [-0.39, 0.29) is 39.6 Å². The largest absolute Gasteiger partial charge is 1.00 e. The van der Waals surface area contributed by atoms with Crippen LogP contribution >= 0.6 is 23.2 Å². The molecule has 0 aliphatic rings. The summed E-state index contributed by atoms with van der Waals surface area (Å²) in [6.45, 7) is 1.63. The zero-order valence-corrected chi connectivity index (χ0v) is 11.9. The third-order valence-electron chi connectivity index (χ3n) is 1.54. The van der Waals surface area contributed by atoms with E-state index in [1.165, 1.54) is 0 Å². The smallest absolute Gasteiger partial charge is 0.744 e. The van der Waals surface area contributed by atoms with Gasteiger partial charge in [0.05, 0.1) is 4.90 Å². The van der Waals surface area contributed by atoms with Crippen molar-refractivity contribution in [2.45, 2.75) is 11.8 Å². The van der Waals surface area contributed by atoms with Crippen LogP contribution in [0.4, 0.5) is 0 Å². The molecule has 0 unspecified atom stereocenters. The Labute approximate surface area is 114 Å². The molecule has 0 N–H and O–H groups in total. The molecule has 72 valence electrons. The van der Waals surface area contributed by atoms with Gasteiger partial charge in [-0.05, 0) is 24.6 Å². The van der Waals surface area contributed by atoms with E-state index in [4.69, 9.17) is 23.2 Å². The summed E-state index contributed by atoms with van der Waals surface area (Å²) in [5.41, 5.74) is 0.552. The van der Waals surface area contributed by atoms with Crippen LogP contribution in [-0.4, -0.2) is 13.0 Å². The SMILES string of the molecule is Cc1c(Cl)cc(S(=O)(=O)[O-])cc1Cl.[Na+]. The van der Waals surface area contributed by atoms with Gasteiger partial charge < -0.3 is 4.55 Å². The standard InChI is InChI=1S/C7H6Cl2O3S.Na/c1-4-6(8)2-5(3-7(4)9)13(10,11)12;/h2-3H,1H3,(H,10,11,12);/q;+1/p-1. The predicted molar refractivity (Wildman–Crippen MR) is 49.2 cm³/mol. The van der Waals surface area contributed by atoms with Crippen molar-refractivity contribution >= 4 is 33.3 Å². The molecule has 7 heteroatoms. The quantitative estimate of drug-likeness (QED) is 0.493. The average molecular weight is 263 g/mol. The zero-order chi connectivity index (χ0) is 10.2. The topological polar surface area (TPSA) is 57.2 Å². The van der Waals surface area contributed by atoms with E-state index in [1.54, 1.807) is 6.92 Å². The van der Waals surface area contributed by atoms with Crippen LogP contribution in [0, 0.1) is 6.92 Å². The third-order valence-corrected chi connectivity index (χ3v) is 3.14. The fraction of sp³-hybridized carbons (Fsp3) is 0.143. The molecule has 0 aliphatic carbocycles. The van der Waals surface area contributed by atoms with Crippen LogP contribution in [0.3, 0.4) is 0 Å². The van der Waals surface area contributed by atoms with Gasteiger partial charge in [0, 0.05) is 10.0 Å². The molecule has 0 heterocycles. The van der Waals surface area contributed by atoms with Crippen LogP contribution in [0.15, 0.2) is 17.0 Å². The van der Waals surface area contributed by atoms with Crippen molar-refractivity contribution in [1.82, 2.24) is 0 Å². The second kappa shape index (κ2) is 5.16. The fourth-order valence-corrected chi connectivity index (χ4v) is 1.91. The maximum Gasteiger partial charge on any atom is 1.00 e. The summed E-state index contributed by atoms with van der Waals surface area (Å²) in [5.74, 6) is 0. The number of hydrogen-bond acceptors (Lipinski definition) is 3. The number of rotatable bonds is 1. The predicted octanol–water partition coefficient (Wildman–Crippen LogP) is -0.790. The first-order valence-electron chi connectivity index (χ1n) is 3.24. The molecule has 0 saturated heterocycles. The van der Waals surface area contributed by atoms with E-state index in [0.717, 1.165) is 12.1 Å². The van der Waals surface area contributed by atoms with Crippen molar-refractivity contribution in [3.8, 4) is 0 Å². The molecule has 0 aliphatic heterocycles. The Morgan fingerprint density at radius 3 is 1.86 bits per heavy atom. The molecule has 0 bridgehead atoms. The fourth-order valence-electron chi connectivity index (χ4n) is 0.766. The van der Waals surface area contributed by atoms with Gasteiger partial charge in [-0.15, -0.1) is 0 Å². The van der Waals surface area contributed by atoms with Crippen molar-refractivity contribution in [3.63, 3.8) is 0 Å². The molecule has 0 saturated carbocycles. The molecule has 14 heavy (non-hydrogen) atoms. The Hall–Kier alpha value is 0.710. The second-order valence-electron chi connectivity index (χ2n) is 2.47. The van der Waals surface area contributed by atoms with Crippen LogP contribution < -0.4 is 29.6 Å². The van der Waals surface area contributed by atoms with Crippen LogP contribution in [0.5, 0.6) is 0 Å². The molecule has 0 amide bonds. The summed E-state index contributed by atoms with van der Waals surface area (Å²) in [7, 11) is -4.48. The Bertz CT molecular complexity index is 421. The van der Waals surface area contributed by atoms with E-state index < -0.39 is 15.0 Å². The maximum atomic E-state index is 10.6.